The van der Waals surface area contributed by atoms with E-state index in [2.05, 4.69) is 18.0 Å². The quantitative estimate of drug-likeness (QED) is 0.874. The molecule has 0 radical (unpaired) electrons. The lowest BCUT2D eigenvalue weighted by Gasteiger charge is -2.24. The highest BCUT2D eigenvalue weighted by Crippen LogP contribution is 2.37. The third-order valence-corrected chi connectivity index (χ3v) is 3.36. The van der Waals surface area contributed by atoms with Gasteiger partial charge in [-0.2, -0.15) is 0 Å². The van der Waals surface area contributed by atoms with Crippen LogP contribution in [0.3, 0.4) is 0 Å². The van der Waals surface area contributed by atoms with E-state index in [-0.39, 0.29) is 6.04 Å². The maximum Gasteiger partial charge on any atom is 0.0642 e. The molecule has 0 saturated heterocycles. The first-order valence-electron chi connectivity index (χ1n) is 5.85. The molecule has 1 unspecified atom stereocenters. The van der Waals surface area contributed by atoms with E-state index < -0.39 is 0 Å². The van der Waals surface area contributed by atoms with Crippen LogP contribution in [-0.4, -0.2) is 19.1 Å². The van der Waals surface area contributed by atoms with Crippen molar-refractivity contribution in [2.45, 2.75) is 38.3 Å². The van der Waals surface area contributed by atoms with E-state index in [4.69, 9.17) is 17.3 Å². The van der Waals surface area contributed by atoms with Crippen molar-refractivity contribution in [3.05, 3.63) is 28.8 Å². The highest BCUT2D eigenvalue weighted by atomic mass is 35.5. The lowest BCUT2D eigenvalue weighted by molar-refractivity contribution is 0.734. The molecule has 1 aromatic carbocycles. The fourth-order valence-electron chi connectivity index (χ4n) is 2.11. The maximum absolute atomic E-state index is 6.30. The zero-order valence-electron chi connectivity index (χ0n) is 9.91. The summed E-state index contributed by atoms with van der Waals surface area (Å²) in [5.41, 5.74) is 8.31. The van der Waals surface area contributed by atoms with Crippen LogP contribution in [0, 0.1) is 0 Å². The van der Waals surface area contributed by atoms with Crippen molar-refractivity contribution in [2.75, 3.05) is 11.9 Å². The number of nitrogens with zero attached hydrogens (tertiary/aromatic N) is 1. The molecular formula is C13H19ClN2. The fourth-order valence-corrected chi connectivity index (χ4v) is 2.44. The van der Waals surface area contributed by atoms with Gasteiger partial charge >= 0.3 is 0 Å². The van der Waals surface area contributed by atoms with E-state index in [9.17, 15) is 0 Å². The number of para-hydroxylation sites is 1. The van der Waals surface area contributed by atoms with Crippen LogP contribution in [-0.2, 0) is 6.42 Å². The molecule has 2 N–H and O–H groups in total. The van der Waals surface area contributed by atoms with Gasteiger partial charge in [-0.05, 0) is 37.8 Å². The minimum absolute atomic E-state index is 0.171. The topological polar surface area (TPSA) is 29.3 Å². The Morgan fingerprint density at radius 1 is 1.50 bits per heavy atom. The van der Waals surface area contributed by atoms with Crippen molar-refractivity contribution >= 4 is 17.3 Å². The molecule has 1 saturated carbocycles. The largest absolute Gasteiger partial charge is 0.370 e. The molecule has 3 heteroatoms. The van der Waals surface area contributed by atoms with E-state index >= 15 is 0 Å². The van der Waals surface area contributed by atoms with Crippen LogP contribution >= 0.6 is 11.6 Å². The summed E-state index contributed by atoms with van der Waals surface area (Å²) in [4.78, 5) is 2.31. The molecular weight excluding hydrogens is 220 g/mol. The molecule has 88 valence electrons. The number of halogens is 1. The van der Waals surface area contributed by atoms with Gasteiger partial charge in [-0.15, -0.1) is 0 Å². The molecule has 0 amide bonds. The van der Waals surface area contributed by atoms with Gasteiger partial charge in [-0.1, -0.05) is 23.7 Å². The molecule has 2 nitrogen and oxygen atoms in total. The van der Waals surface area contributed by atoms with Gasteiger partial charge in [0.05, 0.1) is 10.7 Å². The van der Waals surface area contributed by atoms with Crippen LogP contribution in [0.15, 0.2) is 18.2 Å². The predicted molar refractivity (Wildman–Crippen MR) is 70.2 cm³/mol. The highest BCUT2D eigenvalue weighted by Gasteiger charge is 2.28. The van der Waals surface area contributed by atoms with Gasteiger partial charge < -0.3 is 10.6 Å². The Morgan fingerprint density at radius 3 is 2.75 bits per heavy atom. The van der Waals surface area contributed by atoms with Gasteiger partial charge in [0.15, 0.2) is 0 Å². The van der Waals surface area contributed by atoms with Gasteiger partial charge in [-0.25, -0.2) is 0 Å². The van der Waals surface area contributed by atoms with Crippen molar-refractivity contribution in [1.82, 2.24) is 0 Å². The third-order valence-electron chi connectivity index (χ3n) is 3.06. The molecule has 1 aliphatic carbocycles. The van der Waals surface area contributed by atoms with Crippen molar-refractivity contribution in [2.24, 2.45) is 5.73 Å². The van der Waals surface area contributed by atoms with Crippen LogP contribution in [0.5, 0.6) is 0 Å². The molecule has 1 aromatic rings. The van der Waals surface area contributed by atoms with E-state index in [1.807, 2.05) is 19.1 Å². The molecule has 0 aliphatic heterocycles. The Hall–Kier alpha value is -0.730. The number of benzene rings is 1. The average molecular weight is 239 g/mol. The van der Waals surface area contributed by atoms with E-state index in [0.29, 0.717) is 6.04 Å². The summed E-state index contributed by atoms with van der Waals surface area (Å²) in [5, 5.41) is 0.840. The molecule has 0 bridgehead atoms. The summed E-state index contributed by atoms with van der Waals surface area (Å²) < 4.78 is 0. The zero-order valence-corrected chi connectivity index (χ0v) is 10.7. The molecule has 16 heavy (non-hydrogen) atoms. The summed E-state index contributed by atoms with van der Waals surface area (Å²) in [6, 6.07) is 6.94. The van der Waals surface area contributed by atoms with Gasteiger partial charge in [0, 0.05) is 19.1 Å². The summed E-state index contributed by atoms with van der Waals surface area (Å²) in [6.45, 7) is 2.03. The molecule has 0 aromatic heterocycles. The van der Waals surface area contributed by atoms with Crippen molar-refractivity contribution in [3.8, 4) is 0 Å². The van der Waals surface area contributed by atoms with Crippen molar-refractivity contribution in [1.29, 1.82) is 0 Å². The number of nitrogens with two attached hydrogens (primary N) is 1. The molecule has 0 heterocycles. The predicted octanol–water partition coefficient (Wildman–Crippen LogP) is 2.83. The Labute approximate surface area is 102 Å². The summed E-state index contributed by atoms with van der Waals surface area (Å²) in [6.07, 6.45) is 3.44. The van der Waals surface area contributed by atoms with Crippen LogP contribution in [0.2, 0.25) is 5.02 Å². The second-order valence-corrected chi connectivity index (χ2v) is 5.18. The standard InChI is InChI=1S/C13H19ClN2/c1-9(15)8-10-4-3-5-12(14)13(10)16(2)11-6-7-11/h3-5,9,11H,6-8,15H2,1-2H3. The molecule has 2 rings (SSSR count). The smallest absolute Gasteiger partial charge is 0.0642 e. The van der Waals surface area contributed by atoms with Gasteiger partial charge in [-0.3, -0.25) is 0 Å². The summed E-state index contributed by atoms with van der Waals surface area (Å²) >= 11 is 6.30. The zero-order chi connectivity index (χ0) is 11.7. The van der Waals surface area contributed by atoms with Gasteiger partial charge in [0.25, 0.3) is 0 Å². The molecule has 1 fully saturated rings. The number of anilines is 1. The van der Waals surface area contributed by atoms with Crippen molar-refractivity contribution < 1.29 is 0 Å². The first-order valence-corrected chi connectivity index (χ1v) is 6.23. The van der Waals surface area contributed by atoms with E-state index in [0.717, 1.165) is 11.4 Å². The Kier molecular flexibility index (Phi) is 3.41. The summed E-state index contributed by atoms with van der Waals surface area (Å²) in [7, 11) is 2.13. The Morgan fingerprint density at radius 2 is 2.19 bits per heavy atom. The second kappa shape index (κ2) is 4.64. The minimum Gasteiger partial charge on any atom is -0.370 e. The molecule has 1 atom stereocenters. The lowest BCUT2D eigenvalue weighted by Crippen LogP contribution is -2.24. The SMILES string of the molecule is CC(N)Cc1cccc(Cl)c1N(C)C1CC1. The first kappa shape index (κ1) is 11.7. The fraction of sp³-hybridized carbons (Fsp3) is 0.538. The first-order chi connectivity index (χ1) is 7.59. The average Bonchev–Trinajstić information content (AvgIpc) is 2.99. The van der Waals surface area contributed by atoms with E-state index in [1.165, 1.54) is 24.1 Å². The minimum atomic E-state index is 0.171. The maximum atomic E-state index is 6.30. The Bertz CT molecular complexity index is 372. The van der Waals surface area contributed by atoms with Crippen molar-refractivity contribution in [3.63, 3.8) is 0 Å². The van der Waals surface area contributed by atoms with Crippen LogP contribution in [0.1, 0.15) is 25.3 Å². The molecule has 1 aliphatic rings. The third kappa shape index (κ3) is 2.50. The van der Waals surface area contributed by atoms with Gasteiger partial charge in [0.1, 0.15) is 0 Å². The van der Waals surface area contributed by atoms with Crippen LogP contribution < -0.4 is 10.6 Å². The second-order valence-electron chi connectivity index (χ2n) is 4.77. The number of hydrogen-bond acceptors (Lipinski definition) is 2. The molecule has 0 spiro atoms. The normalized spacial score (nSPS) is 17.2. The lowest BCUT2D eigenvalue weighted by atomic mass is 10.0. The van der Waals surface area contributed by atoms with Crippen LogP contribution in [0.4, 0.5) is 5.69 Å². The summed E-state index contributed by atoms with van der Waals surface area (Å²) in [5.74, 6) is 0. The van der Waals surface area contributed by atoms with E-state index in [1.54, 1.807) is 0 Å². The highest BCUT2D eigenvalue weighted by molar-refractivity contribution is 6.33. The van der Waals surface area contributed by atoms with Crippen LogP contribution in [0.25, 0.3) is 0 Å². The number of rotatable bonds is 4. The van der Waals surface area contributed by atoms with Gasteiger partial charge in [0.2, 0.25) is 0 Å². The number of hydrogen-bond donors (Lipinski definition) is 1. The monoisotopic (exact) mass is 238 g/mol. The Balaban J connectivity index is 2.31.